The van der Waals surface area contributed by atoms with Gasteiger partial charge >= 0.3 is 0 Å². The third-order valence-electron chi connectivity index (χ3n) is 3.00. The van der Waals surface area contributed by atoms with E-state index in [0.717, 1.165) is 5.57 Å². The van der Waals surface area contributed by atoms with Crippen LogP contribution in [0.2, 0.25) is 0 Å². The smallest absolute Gasteiger partial charge is 0.165 e. The summed E-state index contributed by atoms with van der Waals surface area (Å²) in [6.07, 6.45) is 4.82. The number of imidazole rings is 1. The van der Waals surface area contributed by atoms with E-state index in [9.17, 15) is 5.11 Å². The third kappa shape index (κ3) is 1.73. The van der Waals surface area contributed by atoms with Crippen molar-refractivity contribution in [3.8, 4) is 0 Å². The van der Waals surface area contributed by atoms with E-state index in [0.29, 0.717) is 30.1 Å². The number of fused-ring (bicyclic) bond motifs is 1. The van der Waals surface area contributed by atoms with Crippen LogP contribution in [0.5, 0.6) is 0 Å². The Morgan fingerprint density at radius 2 is 2.33 bits per heavy atom. The molecule has 3 N–H and O–H groups in total. The third-order valence-corrected chi connectivity index (χ3v) is 3.00. The highest BCUT2D eigenvalue weighted by atomic mass is 16.5. The number of aromatic nitrogens is 4. The quantitative estimate of drug-likeness (QED) is 0.724. The predicted octanol–water partition coefficient (Wildman–Crippen LogP) is -0.274. The number of ether oxygens (including phenoxy) is 1. The van der Waals surface area contributed by atoms with Crippen molar-refractivity contribution in [2.24, 2.45) is 0 Å². The molecule has 7 heteroatoms. The second kappa shape index (κ2) is 4.35. The second-order valence-corrected chi connectivity index (χ2v) is 4.09. The van der Waals surface area contributed by atoms with E-state index in [-0.39, 0.29) is 12.7 Å². The van der Waals surface area contributed by atoms with Crippen molar-refractivity contribution < 1.29 is 9.84 Å². The lowest BCUT2D eigenvalue weighted by molar-refractivity contribution is 0.0671. The van der Waals surface area contributed by atoms with E-state index in [1.165, 1.54) is 6.33 Å². The predicted molar refractivity (Wildman–Crippen MR) is 64.6 cm³/mol. The summed E-state index contributed by atoms with van der Waals surface area (Å²) in [5.74, 6) is 0.370. The van der Waals surface area contributed by atoms with Crippen molar-refractivity contribution in [1.29, 1.82) is 0 Å². The molecule has 0 radical (unpaired) electrons. The minimum absolute atomic E-state index is 0.0183. The number of aliphatic hydroxyl groups excluding tert-OH is 1. The maximum absolute atomic E-state index is 9.19. The molecule has 18 heavy (non-hydrogen) atoms. The molecule has 0 amide bonds. The molecule has 0 bridgehead atoms. The Kier molecular flexibility index (Phi) is 2.69. The van der Waals surface area contributed by atoms with Gasteiger partial charge in [-0.25, -0.2) is 15.0 Å². The maximum Gasteiger partial charge on any atom is 0.165 e. The van der Waals surface area contributed by atoms with Crippen LogP contribution in [0.4, 0.5) is 5.82 Å². The molecule has 7 nitrogen and oxygen atoms in total. The number of hydrogen-bond donors (Lipinski definition) is 2. The van der Waals surface area contributed by atoms with E-state index < -0.39 is 0 Å². The minimum atomic E-state index is -0.235. The number of hydrogen-bond acceptors (Lipinski definition) is 6. The number of anilines is 1. The zero-order valence-electron chi connectivity index (χ0n) is 9.65. The SMILES string of the molecule is Nc1ncnc2c1ncn2CC1=CCO[C@@H]1CO. The topological polar surface area (TPSA) is 99.1 Å². The maximum atomic E-state index is 9.19. The first-order valence-electron chi connectivity index (χ1n) is 5.62. The van der Waals surface area contributed by atoms with Gasteiger partial charge in [-0.15, -0.1) is 0 Å². The summed E-state index contributed by atoms with van der Waals surface area (Å²) in [4.78, 5) is 12.3. The first-order valence-corrected chi connectivity index (χ1v) is 5.62. The number of rotatable bonds is 3. The molecule has 0 saturated carbocycles. The van der Waals surface area contributed by atoms with E-state index in [1.807, 2.05) is 10.6 Å². The zero-order valence-corrected chi connectivity index (χ0v) is 9.65. The van der Waals surface area contributed by atoms with Gasteiger partial charge in [-0.1, -0.05) is 6.08 Å². The highest BCUT2D eigenvalue weighted by Gasteiger charge is 2.20. The fraction of sp³-hybridized carbons (Fsp3) is 0.364. The lowest BCUT2D eigenvalue weighted by Crippen LogP contribution is -2.18. The average molecular weight is 247 g/mol. The lowest BCUT2D eigenvalue weighted by atomic mass is 10.1. The monoisotopic (exact) mass is 247 g/mol. The van der Waals surface area contributed by atoms with E-state index in [2.05, 4.69) is 15.0 Å². The summed E-state index contributed by atoms with van der Waals surface area (Å²) < 4.78 is 7.24. The first kappa shape index (κ1) is 11.1. The highest BCUT2D eigenvalue weighted by molar-refractivity contribution is 5.81. The van der Waals surface area contributed by atoms with Crippen LogP contribution in [-0.2, 0) is 11.3 Å². The molecule has 0 aliphatic carbocycles. The standard InChI is InChI=1S/C11H13N5O2/c12-10-9-11(14-5-13-10)16(6-15-9)3-7-1-2-18-8(7)4-17/h1,5-6,8,17H,2-4H2,(H2,12,13,14)/t8-/m1/s1. The van der Waals surface area contributed by atoms with Crippen LogP contribution < -0.4 is 5.73 Å². The number of nitrogens with two attached hydrogens (primary N) is 1. The Bertz CT molecular complexity index is 606. The van der Waals surface area contributed by atoms with Gasteiger partial charge in [0, 0.05) is 6.54 Å². The Morgan fingerprint density at radius 1 is 1.44 bits per heavy atom. The molecular formula is C11H13N5O2. The van der Waals surface area contributed by atoms with Gasteiger partial charge in [0.25, 0.3) is 0 Å². The number of nitrogen functional groups attached to an aromatic ring is 1. The van der Waals surface area contributed by atoms with Crippen molar-refractivity contribution in [3.63, 3.8) is 0 Å². The van der Waals surface area contributed by atoms with E-state index in [4.69, 9.17) is 10.5 Å². The van der Waals surface area contributed by atoms with Gasteiger partial charge in [-0.05, 0) is 5.57 Å². The molecule has 94 valence electrons. The summed E-state index contributed by atoms with van der Waals surface area (Å²) in [6.45, 7) is 1.10. The van der Waals surface area contributed by atoms with Crippen molar-refractivity contribution >= 4 is 17.0 Å². The van der Waals surface area contributed by atoms with Gasteiger partial charge < -0.3 is 20.1 Å². The van der Waals surface area contributed by atoms with Crippen LogP contribution in [0.25, 0.3) is 11.2 Å². The van der Waals surface area contributed by atoms with E-state index >= 15 is 0 Å². The van der Waals surface area contributed by atoms with Gasteiger partial charge in [0.2, 0.25) is 0 Å². The van der Waals surface area contributed by atoms with Crippen molar-refractivity contribution in [2.75, 3.05) is 18.9 Å². The van der Waals surface area contributed by atoms with Gasteiger partial charge in [-0.3, -0.25) is 0 Å². The number of nitrogens with zero attached hydrogens (tertiary/aromatic N) is 4. The molecule has 1 aliphatic rings. The molecule has 1 aliphatic heterocycles. The van der Waals surface area contributed by atoms with Crippen molar-refractivity contribution in [1.82, 2.24) is 19.5 Å². The van der Waals surface area contributed by atoms with Crippen molar-refractivity contribution in [2.45, 2.75) is 12.6 Å². The molecule has 0 fully saturated rings. The van der Waals surface area contributed by atoms with Gasteiger partial charge in [0.05, 0.1) is 19.5 Å². The fourth-order valence-electron chi connectivity index (χ4n) is 2.06. The van der Waals surface area contributed by atoms with Crippen LogP contribution in [0.1, 0.15) is 0 Å². The van der Waals surface area contributed by atoms with Gasteiger partial charge in [0.1, 0.15) is 17.9 Å². The second-order valence-electron chi connectivity index (χ2n) is 4.09. The first-order chi connectivity index (χ1) is 8.79. The molecule has 1 atom stereocenters. The highest BCUT2D eigenvalue weighted by Crippen LogP contribution is 2.20. The van der Waals surface area contributed by atoms with Crippen LogP contribution in [0, 0.1) is 0 Å². The molecule has 2 aromatic heterocycles. The molecular weight excluding hydrogens is 234 g/mol. The Balaban J connectivity index is 1.94. The zero-order chi connectivity index (χ0) is 12.5. The van der Waals surface area contributed by atoms with Crippen molar-refractivity contribution in [3.05, 3.63) is 24.3 Å². The van der Waals surface area contributed by atoms with E-state index in [1.54, 1.807) is 6.33 Å². The average Bonchev–Trinajstić information content (AvgIpc) is 2.98. The van der Waals surface area contributed by atoms with Gasteiger partial charge in [0.15, 0.2) is 11.5 Å². The number of aliphatic hydroxyl groups is 1. The minimum Gasteiger partial charge on any atom is -0.393 e. The van der Waals surface area contributed by atoms with Crippen LogP contribution in [0.3, 0.4) is 0 Å². The van der Waals surface area contributed by atoms with Gasteiger partial charge in [-0.2, -0.15) is 0 Å². The summed E-state index contributed by atoms with van der Waals surface area (Å²) >= 11 is 0. The lowest BCUT2D eigenvalue weighted by Gasteiger charge is -2.12. The molecule has 3 heterocycles. The normalized spacial score (nSPS) is 19.4. The summed E-state index contributed by atoms with van der Waals surface area (Å²) in [5, 5.41) is 9.19. The molecule has 0 spiro atoms. The summed E-state index contributed by atoms with van der Waals surface area (Å²) in [6, 6.07) is 0. The summed E-state index contributed by atoms with van der Waals surface area (Å²) in [7, 11) is 0. The molecule has 0 aromatic carbocycles. The van der Waals surface area contributed by atoms with Crippen LogP contribution in [-0.4, -0.2) is 43.9 Å². The Hall–Kier alpha value is -1.99. The Morgan fingerprint density at radius 3 is 3.17 bits per heavy atom. The molecule has 3 rings (SSSR count). The molecule has 2 aromatic rings. The fourth-order valence-corrected chi connectivity index (χ4v) is 2.06. The van der Waals surface area contributed by atoms with Crippen LogP contribution in [0.15, 0.2) is 24.3 Å². The molecule has 0 unspecified atom stereocenters. The summed E-state index contributed by atoms with van der Waals surface area (Å²) in [5.41, 5.74) is 8.03. The van der Waals surface area contributed by atoms with Crippen LogP contribution >= 0.6 is 0 Å². The Labute approximate surface area is 103 Å². The largest absolute Gasteiger partial charge is 0.393 e. The molecule has 0 saturated heterocycles.